The minimum atomic E-state index is -0.297. The highest BCUT2D eigenvalue weighted by molar-refractivity contribution is 7.10. The fourth-order valence-electron chi connectivity index (χ4n) is 4.77. The van der Waals surface area contributed by atoms with Gasteiger partial charge < -0.3 is 5.32 Å². The minimum Gasteiger partial charge on any atom is -0.343 e. The van der Waals surface area contributed by atoms with Gasteiger partial charge in [0.05, 0.1) is 17.9 Å². The predicted octanol–water partition coefficient (Wildman–Crippen LogP) is 4.47. The molecule has 164 valence electrons. The fourth-order valence-corrected chi connectivity index (χ4v) is 5.57. The molecule has 3 amide bonds. The lowest BCUT2D eigenvalue weighted by Crippen LogP contribution is -2.42. The zero-order valence-electron chi connectivity index (χ0n) is 18.0. The molecule has 1 aliphatic heterocycles. The molecule has 3 unspecified atom stereocenters. The Hall–Kier alpha value is -2.47. The summed E-state index contributed by atoms with van der Waals surface area (Å²) in [6, 6.07) is 12.1. The molecule has 3 atom stereocenters. The highest BCUT2D eigenvalue weighted by Crippen LogP contribution is 2.38. The number of aryl methyl sites for hydroxylation is 1. The number of nitrogens with zero attached hydrogens (tertiary/aromatic N) is 1. The first-order valence-electron chi connectivity index (χ1n) is 11.3. The van der Waals surface area contributed by atoms with Gasteiger partial charge >= 0.3 is 0 Å². The first-order chi connectivity index (χ1) is 15.1. The van der Waals surface area contributed by atoms with Crippen molar-refractivity contribution in [1.29, 1.82) is 0 Å². The van der Waals surface area contributed by atoms with Gasteiger partial charge in [0.25, 0.3) is 0 Å². The number of imide groups is 1. The number of carbonyl (C=O) groups is 3. The van der Waals surface area contributed by atoms with Gasteiger partial charge in [-0.05, 0) is 48.3 Å². The number of hydrogen-bond acceptors (Lipinski definition) is 4. The quantitative estimate of drug-likeness (QED) is 0.619. The number of hydrogen-bond donors (Lipinski definition) is 1. The average molecular weight is 439 g/mol. The summed E-state index contributed by atoms with van der Waals surface area (Å²) in [5, 5.41) is 5.06. The van der Waals surface area contributed by atoms with Crippen LogP contribution in [0.2, 0.25) is 0 Å². The van der Waals surface area contributed by atoms with Crippen LogP contribution in [0.15, 0.2) is 41.8 Å². The Labute approximate surface area is 187 Å². The maximum Gasteiger partial charge on any atom is 0.240 e. The normalized spacial score (nSPS) is 21.8. The van der Waals surface area contributed by atoms with Crippen molar-refractivity contribution in [2.24, 2.45) is 11.8 Å². The van der Waals surface area contributed by atoms with E-state index in [2.05, 4.69) is 36.5 Å². The van der Waals surface area contributed by atoms with Gasteiger partial charge in [0.2, 0.25) is 17.7 Å². The molecule has 31 heavy (non-hydrogen) atoms. The zero-order chi connectivity index (χ0) is 21.8. The van der Waals surface area contributed by atoms with Crippen molar-refractivity contribution in [2.75, 3.05) is 6.54 Å². The van der Waals surface area contributed by atoms with Gasteiger partial charge in [0.1, 0.15) is 6.54 Å². The first kappa shape index (κ1) is 21.8. The summed E-state index contributed by atoms with van der Waals surface area (Å²) >= 11 is 1.58. The van der Waals surface area contributed by atoms with Gasteiger partial charge in [0, 0.05) is 4.88 Å². The Bertz CT molecular complexity index is 899. The molecular weight excluding hydrogens is 408 g/mol. The standard InChI is InChI=1S/C25H30N2O3S/c1-2-3-7-17-11-13-18(14-12-17)23(21-10-6-15-31-21)26-22(28)16-27-24(29)19-8-4-5-9-20(19)25(27)30/h6,10-15,19-20,23H,2-5,7-9,16H2,1H3,(H,26,28). The number of fused-ring (bicyclic) bond motifs is 1. The monoisotopic (exact) mass is 438 g/mol. The van der Waals surface area contributed by atoms with Crippen LogP contribution in [0.3, 0.4) is 0 Å². The van der Waals surface area contributed by atoms with Gasteiger partial charge in [-0.3, -0.25) is 19.3 Å². The molecule has 5 nitrogen and oxygen atoms in total. The Balaban J connectivity index is 1.47. The Kier molecular flexibility index (Phi) is 6.86. The van der Waals surface area contributed by atoms with E-state index in [0.29, 0.717) is 0 Å². The van der Waals surface area contributed by atoms with Gasteiger partial charge in [-0.1, -0.05) is 56.5 Å². The molecule has 0 spiro atoms. The van der Waals surface area contributed by atoms with Crippen LogP contribution < -0.4 is 5.32 Å². The Morgan fingerprint density at radius 2 is 1.77 bits per heavy atom. The van der Waals surface area contributed by atoms with Crippen molar-refractivity contribution < 1.29 is 14.4 Å². The first-order valence-corrected chi connectivity index (χ1v) is 12.2. The van der Waals surface area contributed by atoms with Crippen molar-refractivity contribution in [3.05, 3.63) is 57.8 Å². The van der Waals surface area contributed by atoms with E-state index in [0.717, 1.165) is 55.4 Å². The maximum atomic E-state index is 12.9. The van der Waals surface area contributed by atoms with Crippen molar-refractivity contribution in [3.63, 3.8) is 0 Å². The molecule has 1 saturated heterocycles. The maximum absolute atomic E-state index is 12.9. The number of nitrogens with one attached hydrogen (secondary N) is 1. The molecule has 0 bridgehead atoms. The number of unbranched alkanes of at least 4 members (excludes halogenated alkanes) is 1. The average Bonchev–Trinajstić information content (AvgIpc) is 3.41. The summed E-state index contributed by atoms with van der Waals surface area (Å²) in [4.78, 5) is 40.6. The molecule has 1 N–H and O–H groups in total. The number of thiophene rings is 1. The summed E-state index contributed by atoms with van der Waals surface area (Å²) in [6.07, 6.45) is 6.85. The van der Waals surface area contributed by atoms with Crippen LogP contribution in [0.4, 0.5) is 0 Å². The van der Waals surface area contributed by atoms with Crippen molar-refractivity contribution >= 4 is 29.1 Å². The van der Waals surface area contributed by atoms with Gasteiger partial charge in [-0.2, -0.15) is 0 Å². The van der Waals surface area contributed by atoms with E-state index < -0.39 is 0 Å². The molecule has 2 aromatic rings. The molecule has 1 saturated carbocycles. The lowest BCUT2D eigenvalue weighted by atomic mass is 9.81. The molecule has 1 aromatic carbocycles. The van der Waals surface area contributed by atoms with Crippen LogP contribution in [0.1, 0.15) is 67.5 Å². The topological polar surface area (TPSA) is 66.5 Å². The van der Waals surface area contributed by atoms with Crippen LogP contribution in [0.5, 0.6) is 0 Å². The van der Waals surface area contributed by atoms with Crippen LogP contribution in [-0.2, 0) is 20.8 Å². The van der Waals surface area contributed by atoms with Crippen molar-refractivity contribution in [2.45, 2.75) is 57.9 Å². The van der Waals surface area contributed by atoms with Gasteiger partial charge in [0.15, 0.2) is 0 Å². The lowest BCUT2D eigenvalue weighted by molar-refractivity contribution is -0.143. The number of amides is 3. The molecule has 1 aliphatic carbocycles. The third-order valence-electron chi connectivity index (χ3n) is 6.50. The summed E-state index contributed by atoms with van der Waals surface area (Å²) in [7, 11) is 0. The van der Waals surface area contributed by atoms with Crippen LogP contribution in [0, 0.1) is 11.8 Å². The number of likely N-dealkylation sites (tertiary alicyclic amines) is 1. The van der Waals surface area contributed by atoms with E-state index in [1.54, 1.807) is 11.3 Å². The van der Waals surface area contributed by atoms with Gasteiger partial charge in [-0.15, -0.1) is 11.3 Å². The Morgan fingerprint density at radius 3 is 2.35 bits per heavy atom. The molecule has 6 heteroatoms. The van der Waals surface area contributed by atoms with Crippen LogP contribution >= 0.6 is 11.3 Å². The van der Waals surface area contributed by atoms with Crippen LogP contribution in [0.25, 0.3) is 0 Å². The largest absolute Gasteiger partial charge is 0.343 e. The van der Waals surface area contributed by atoms with Crippen molar-refractivity contribution in [1.82, 2.24) is 10.2 Å². The number of rotatable bonds is 8. The second kappa shape index (κ2) is 9.77. The lowest BCUT2D eigenvalue weighted by Gasteiger charge is -2.21. The Morgan fingerprint density at radius 1 is 1.10 bits per heavy atom. The second-order valence-corrected chi connectivity index (χ2v) is 9.60. The smallest absolute Gasteiger partial charge is 0.240 e. The van der Waals surface area contributed by atoms with Gasteiger partial charge in [-0.25, -0.2) is 0 Å². The second-order valence-electron chi connectivity index (χ2n) is 8.62. The minimum absolute atomic E-state index is 0.169. The van der Waals surface area contributed by atoms with E-state index in [9.17, 15) is 14.4 Å². The molecule has 4 rings (SSSR count). The molecule has 2 aliphatic rings. The van der Waals surface area contributed by atoms with E-state index in [-0.39, 0.29) is 42.1 Å². The predicted molar refractivity (Wildman–Crippen MR) is 122 cm³/mol. The van der Waals surface area contributed by atoms with Crippen LogP contribution in [-0.4, -0.2) is 29.2 Å². The van der Waals surface area contributed by atoms with E-state index in [1.807, 2.05) is 17.5 Å². The molecule has 2 heterocycles. The SMILES string of the molecule is CCCCc1ccc(C(NC(=O)CN2C(=O)C3CCCCC3C2=O)c2cccs2)cc1. The van der Waals surface area contributed by atoms with Crippen molar-refractivity contribution in [3.8, 4) is 0 Å². The molecule has 2 fully saturated rings. The summed E-state index contributed by atoms with van der Waals surface area (Å²) in [6.45, 7) is 1.99. The fraction of sp³-hybridized carbons (Fsp3) is 0.480. The summed E-state index contributed by atoms with van der Waals surface area (Å²) < 4.78 is 0. The molecular formula is C25H30N2O3S. The molecule has 1 aromatic heterocycles. The zero-order valence-corrected chi connectivity index (χ0v) is 18.8. The van der Waals surface area contributed by atoms with E-state index in [4.69, 9.17) is 0 Å². The van der Waals surface area contributed by atoms with E-state index in [1.165, 1.54) is 10.5 Å². The highest BCUT2D eigenvalue weighted by atomic mass is 32.1. The number of carbonyl (C=O) groups excluding carboxylic acids is 3. The number of benzene rings is 1. The van der Waals surface area contributed by atoms with E-state index >= 15 is 0 Å². The third-order valence-corrected chi connectivity index (χ3v) is 7.44. The third kappa shape index (κ3) is 4.74. The summed E-state index contributed by atoms with van der Waals surface area (Å²) in [5.74, 6) is -1.08. The summed E-state index contributed by atoms with van der Waals surface area (Å²) in [5.41, 5.74) is 2.29. The molecule has 0 radical (unpaired) electrons. The highest BCUT2D eigenvalue weighted by Gasteiger charge is 2.48.